The summed E-state index contributed by atoms with van der Waals surface area (Å²) < 4.78 is 0. The van der Waals surface area contributed by atoms with Gasteiger partial charge in [0.15, 0.2) is 5.16 Å². The van der Waals surface area contributed by atoms with Gasteiger partial charge in [0, 0.05) is 0 Å². The summed E-state index contributed by atoms with van der Waals surface area (Å²) in [5.74, 6) is -1.02. The van der Waals surface area contributed by atoms with Gasteiger partial charge in [-0.15, -0.1) is 0 Å². The Morgan fingerprint density at radius 3 is 2.72 bits per heavy atom. The number of urea groups is 1. The molecule has 25 heavy (non-hydrogen) atoms. The Balaban J connectivity index is 1.71. The number of imide groups is 1. The molecule has 1 atom stereocenters. The number of hydrogen-bond acceptors (Lipinski definition) is 6. The maximum atomic E-state index is 12.8. The van der Waals surface area contributed by atoms with Crippen LogP contribution < -0.4 is 10.7 Å². The number of nitrogens with one attached hydrogen (secondary N) is 3. The van der Waals surface area contributed by atoms with Crippen molar-refractivity contribution in [1.82, 2.24) is 30.9 Å². The van der Waals surface area contributed by atoms with Gasteiger partial charge >= 0.3 is 6.03 Å². The van der Waals surface area contributed by atoms with E-state index in [9.17, 15) is 14.4 Å². The zero-order chi connectivity index (χ0) is 17.9. The van der Waals surface area contributed by atoms with Gasteiger partial charge in [0.2, 0.25) is 5.91 Å². The molecule has 1 aliphatic rings. The fourth-order valence-electron chi connectivity index (χ4n) is 2.59. The number of benzene rings is 1. The van der Waals surface area contributed by atoms with Gasteiger partial charge in [-0.2, -0.15) is 10.1 Å². The lowest BCUT2D eigenvalue weighted by molar-refractivity contribution is -0.138. The summed E-state index contributed by atoms with van der Waals surface area (Å²) in [6.07, 6.45) is 1.69. The van der Waals surface area contributed by atoms with Gasteiger partial charge < -0.3 is 5.32 Å². The first kappa shape index (κ1) is 17.0. The lowest BCUT2D eigenvalue weighted by Gasteiger charge is -2.25. The van der Waals surface area contributed by atoms with Crippen LogP contribution in [0.25, 0.3) is 0 Å². The van der Waals surface area contributed by atoms with Gasteiger partial charge in [-0.1, -0.05) is 49.0 Å². The van der Waals surface area contributed by atoms with Crippen molar-refractivity contribution in [1.29, 1.82) is 0 Å². The van der Waals surface area contributed by atoms with Crippen molar-refractivity contribution >= 4 is 29.6 Å². The molecule has 1 aromatic heterocycles. The average molecular weight is 360 g/mol. The largest absolute Gasteiger partial charge is 0.344 e. The van der Waals surface area contributed by atoms with E-state index in [-0.39, 0.29) is 5.75 Å². The van der Waals surface area contributed by atoms with E-state index in [1.54, 1.807) is 31.2 Å². The molecule has 0 aliphatic carbocycles. The van der Waals surface area contributed by atoms with Crippen molar-refractivity contribution in [2.75, 3.05) is 5.75 Å². The smallest absolute Gasteiger partial charge is 0.318 e. The Labute approximate surface area is 147 Å². The van der Waals surface area contributed by atoms with E-state index in [1.165, 1.54) is 6.33 Å². The average Bonchev–Trinajstić information content (AvgIpc) is 3.23. The molecule has 1 aromatic carbocycles. The third kappa shape index (κ3) is 3.20. The summed E-state index contributed by atoms with van der Waals surface area (Å²) in [7, 11) is 0. The number of amides is 4. The van der Waals surface area contributed by atoms with Crippen LogP contribution in [0.4, 0.5) is 4.79 Å². The Bertz CT molecular complexity index is 782. The third-order valence-corrected chi connectivity index (χ3v) is 4.73. The highest BCUT2D eigenvalue weighted by Gasteiger charge is 2.52. The van der Waals surface area contributed by atoms with Gasteiger partial charge in [0.05, 0.1) is 5.75 Å². The minimum atomic E-state index is -1.18. The molecular formula is C15H16N6O3S. The number of H-pyrrole nitrogens is 1. The molecule has 2 heterocycles. The summed E-state index contributed by atoms with van der Waals surface area (Å²) in [5.41, 5.74) is 1.84. The number of carbonyl (C=O) groups is 3. The summed E-state index contributed by atoms with van der Waals surface area (Å²) in [6, 6.07) is 8.30. The summed E-state index contributed by atoms with van der Waals surface area (Å²) in [4.78, 5) is 41.0. The highest BCUT2D eigenvalue weighted by atomic mass is 32.2. The van der Waals surface area contributed by atoms with Crippen LogP contribution in [0, 0.1) is 0 Å². The van der Waals surface area contributed by atoms with Gasteiger partial charge in [-0.25, -0.2) is 9.78 Å². The third-order valence-electron chi connectivity index (χ3n) is 3.86. The molecule has 1 aliphatic heterocycles. The molecule has 9 nitrogen and oxygen atoms in total. The zero-order valence-electron chi connectivity index (χ0n) is 13.4. The Kier molecular flexibility index (Phi) is 4.70. The zero-order valence-corrected chi connectivity index (χ0v) is 14.2. The maximum absolute atomic E-state index is 12.8. The molecule has 0 radical (unpaired) electrons. The molecule has 4 amide bonds. The lowest BCUT2D eigenvalue weighted by atomic mass is 9.87. The van der Waals surface area contributed by atoms with Crippen LogP contribution in [0.5, 0.6) is 0 Å². The fraction of sp³-hybridized carbons (Fsp3) is 0.267. The van der Waals surface area contributed by atoms with Crippen LogP contribution in [0.3, 0.4) is 0 Å². The molecule has 3 rings (SSSR count). The number of nitrogens with zero attached hydrogens (tertiary/aromatic N) is 3. The van der Waals surface area contributed by atoms with Gasteiger partial charge in [0.1, 0.15) is 11.9 Å². The SMILES string of the molecule is CC[C@@]1(c2ccccc2)NC(=O)N(NC(=O)CSc2ncn[nH]2)C1=O. The van der Waals surface area contributed by atoms with Crippen molar-refractivity contribution < 1.29 is 14.4 Å². The van der Waals surface area contributed by atoms with E-state index in [4.69, 9.17) is 0 Å². The minimum Gasteiger partial charge on any atom is -0.318 e. The standard InChI is InChI=1S/C15H16N6O3S/c1-2-15(10-6-4-3-5-7-10)12(23)21(14(24)18-15)20-11(22)8-25-13-16-9-17-19-13/h3-7,9H,2,8H2,1H3,(H,18,24)(H,20,22)(H,16,17,19)/t15-/m0/s1. The van der Waals surface area contributed by atoms with E-state index in [1.807, 2.05) is 6.07 Å². The van der Waals surface area contributed by atoms with E-state index in [0.29, 0.717) is 17.1 Å². The van der Waals surface area contributed by atoms with Crippen molar-refractivity contribution in [3.05, 3.63) is 42.2 Å². The first-order chi connectivity index (χ1) is 12.1. The van der Waals surface area contributed by atoms with Crippen molar-refractivity contribution in [2.24, 2.45) is 0 Å². The predicted octanol–water partition coefficient (Wildman–Crippen LogP) is 0.785. The molecule has 130 valence electrons. The molecule has 1 saturated heterocycles. The van der Waals surface area contributed by atoms with Crippen LogP contribution in [-0.4, -0.2) is 43.8 Å². The van der Waals surface area contributed by atoms with Gasteiger partial charge in [-0.05, 0) is 12.0 Å². The second-order valence-corrected chi connectivity index (χ2v) is 6.27. The highest BCUT2D eigenvalue weighted by molar-refractivity contribution is 7.99. The van der Waals surface area contributed by atoms with E-state index in [2.05, 4.69) is 25.9 Å². The molecule has 10 heteroatoms. The first-order valence-corrected chi connectivity index (χ1v) is 8.55. The molecular weight excluding hydrogens is 344 g/mol. The first-order valence-electron chi connectivity index (χ1n) is 7.56. The van der Waals surface area contributed by atoms with E-state index < -0.39 is 23.4 Å². The molecule has 0 bridgehead atoms. The Morgan fingerprint density at radius 1 is 1.32 bits per heavy atom. The van der Waals surface area contributed by atoms with Gasteiger partial charge in [-0.3, -0.25) is 20.1 Å². The minimum absolute atomic E-state index is 0.0171. The Morgan fingerprint density at radius 2 is 2.08 bits per heavy atom. The highest BCUT2D eigenvalue weighted by Crippen LogP contribution is 2.31. The number of thioether (sulfide) groups is 1. The molecule has 3 N–H and O–H groups in total. The fourth-order valence-corrected chi connectivity index (χ4v) is 3.16. The number of aromatic nitrogens is 3. The number of hydrazine groups is 1. The van der Waals surface area contributed by atoms with Crippen LogP contribution in [0.15, 0.2) is 41.8 Å². The molecule has 1 fully saturated rings. The van der Waals surface area contributed by atoms with Crippen molar-refractivity contribution in [3.8, 4) is 0 Å². The van der Waals surface area contributed by atoms with Crippen LogP contribution >= 0.6 is 11.8 Å². The molecule has 0 unspecified atom stereocenters. The lowest BCUT2D eigenvalue weighted by Crippen LogP contribution is -2.49. The van der Waals surface area contributed by atoms with Crippen molar-refractivity contribution in [2.45, 2.75) is 24.0 Å². The predicted molar refractivity (Wildman–Crippen MR) is 89.0 cm³/mol. The van der Waals surface area contributed by atoms with E-state index >= 15 is 0 Å². The van der Waals surface area contributed by atoms with Crippen LogP contribution in [0.1, 0.15) is 18.9 Å². The normalized spacial score (nSPS) is 19.8. The molecule has 0 saturated carbocycles. The topological polar surface area (TPSA) is 120 Å². The number of carbonyl (C=O) groups excluding carboxylic acids is 3. The summed E-state index contributed by atoms with van der Waals surface area (Å²) in [5, 5.41) is 10.2. The maximum Gasteiger partial charge on any atom is 0.344 e. The molecule has 2 aromatic rings. The molecule has 0 spiro atoms. The Hall–Kier alpha value is -2.88. The monoisotopic (exact) mass is 360 g/mol. The number of hydrogen-bond donors (Lipinski definition) is 3. The quantitative estimate of drug-likeness (QED) is 0.517. The van der Waals surface area contributed by atoms with Crippen LogP contribution in [-0.2, 0) is 15.1 Å². The second-order valence-electron chi connectivity index (χ2n) is 5.31. The second kappa shape index (κ2) is 6.93. The van der Waals surface area contributed by atoms with Crippen molar-refractivity contribution in [3.63, 3.8) is 0 Å². The van der Waals surface area contributed by atoms with Crippen LogP contribution in [0.2, 0.25) is 0 Å². The summed E-state index contributed by atoms with van der Waals surface area (Å²) >= 11 is 1.11. The number of rotatable bonds is 6. The van der Waals surface area contributed by atoms with E-state index in [0.717, 1.165) is 16.8 Å². The summed E-state index contributed by atoms with van der Waals surface area (Å²) in [6.45, 7) is 1.80. The number of aromatic amines is 1. The van der Waals surface area contributed by atoms with Gasteiger partial charge in [0.25, 0.3) is 5.91 Å².